The number of carbonyl (C=O) groups is 1. The summed E-state index contributed by atoms with van der Waals surface area (Å²) < 4.78 is 53.8. The molecule has 2 bridgehead atoms. The van der Waals surface area contributed by atoms with Gasteiger partial charge in [0.2, 0.25) is 10.0 Å². The molecule has 0 spiro atoms. The van der Waals surface area contributed by atoms with E-state index in [9.17, 15) is 27.1 Å². The summed E-state index contributed by atoms with van der Waals surface area (Å²) in [6.45, 7) is 1.35. The van der Waals surface area contributed by atoms with Gasteiger partial charge in [0.15, 0.2) is 0 Å². The van der Waals surface area contributed by atoms with Crippen molar-refractivity contribution in [2.45, 2.75) is 43.2 Å². The maximum atomic E-state index is 13.9. The summed E-state index contributed by atoms with van der Waals surface area (Å²) in [5.41, 5.74) is 0.0290. The van der Waals surface area contributed by atoms with Crippen LogP contribution in [0.5, 0.6) is 0 Å². The van der Waals surface area contributed by atoms with Gasteiger partial charge in [-0.1, -0.05) is 0 Å². The number of aryl methyl sites for hydroxylation is 1. The maximum Gasteiger partial charge on any atom is 0.308 e. The van der Waals surface area contributed by atoms with Crippen LogP contribution in [0.4, 0.5) is 8.78 Å². The molecule has 0 aliphatic carbocycles. The van der Waals surface area contributed by atoms with Gasteiger partial charge in [-0.15, -0.1) is 0 Å². The van der Waals surface area contributed by atoms with Crippen molar-refractivity contribution in [3.05, 3.63) is 29.3 Å². The minimum Gasteiger partial charge on any atom is -0.481 e. The van der Waals surface area contributed by atoms with Gasteiger partial charge < -0.3 is 5.11 Å². The zero-order valence-corrected chi connectivity index (χ0v) is 12.6. The second-order valence-corrected chi connectivity index (χ2v) is 7.66. The summed E-state index contributed by atoms with van der Waals surface area (Å²) in [6.07, 6.45) is 1.25. The number of rotatable bonds is 3. The Balaban J connectivity index is 2.05. The molecule has 1 aromatic rings. The first kappa shape index (κ1) is 15.4. The fourth-order valence-electron chi connectivity index (χ4n) is 3.52. The Hall–Kier alpha value is -1.54. The Morgan fingerprint density at radius 3 is 2.55 bits per heavy atom. The summed E-state index contributed by atoms with van der Waals surface area (Å²) >= 11 is 0. The predicted molar refractivity (Wildman–Crippen MR) is 72.7 cm³/mol. The molecule has 0 radical (unpaired) electrons. The summed E-state index contributed by atoms with van der Waals surface area (Å²) in [4.78, 5) is 10.6. The summed E-state index contributed by atoms with van der Waals surface area (Å²) in [7, 11) is -4.18. The van der Waals surface area contributed by atoms with E-state index in [2.05, 4.69) is 0 Å². The van der Waals surface area contributed by atoms with E-state index in [4.69, 9.17) is 0 Å². The average Bonchev–Trinajstić information content (AvgIpc) is 3.01. The lowest BCUT2D eigenvalue weighted by Gasteiger charge is -2.23. The smallest absolute Gasteiger partial charge is 0.308 e. The van der Waals surface area contributed by atoms with Crippen LogP contribution in [-0.4, -0.2) is 35.9 Å². The molecule has 2 aliphatic heterocycles. The molecule has 8 heteroatoms. The summed E-state index contributed by atoms with van der Waals surface area (Å²) in [5, 5.41) is 9.18. The third-order valence-corrected chi connectivity index (χ3v) is 6.55. The van der Waals surface area contributed by atoms with E-state index in [0.29, 0.717) is 18.9 Å². The van der Waals surface area contributed by atoms with Gasteiger partial charge in [0.05, 0.1) is 5.92 Å². The van der Waals surface area contributed by atoms with Crippen molar-refractivity contribution in [1.29, 1.82) is 0 Å². The monoisotopic (exact) mass is 331 g/mol. The SMILES string of the molecule is Cc1cc(S(=O)(=O)N2C3CCC2C(C(=O)O)C3)c(F)cc1F. The van der Waals surface area contributed by atoms with Crippen molar-refractivity contribution in [2.75, 3.05) is 0 Å². The molecular formula is C14H15F2NO4S. The van der Waals surface area contributed by atoms with Crippen LogP contribution in [0.25, 0.3) is 0 Å². The summed E-state index contributed by atoms with van der Waals surface area (Å²) in [6, 6.07) is 0.431. The number of sulfonamides is 1. The van der Waals surface area contributed by atoms with Crippen LogP contribution in [0.15, 0.2) is 17.0 Å². The molecule has 2 heterocycles. The topological polar surface area (TPSA) is 74.7 Å². The zero-order chi connectivity index (χ0) is 16.2. The standard InChI is InChI=1S/C14H15F2NO4S/c1-7-4-13(11(16)6-10(7)15)22(20,21)17-8-2-3-12(17)9(5-8)14(18)19/h4,6,8-9,12H,2-3,5H2,1H3,(H,18,19). The lowest BCUT2D eigenvalue weighted by atomic mass is 9.89. The van der Waals surface area contributed by atoms with E-state index in [1.54, 1.807) is 0 Å². The molecular weight excluding hydrogens is 316 g/mol. The van der Waals surface area contributed by atoms with Crippen LogP contribution < -0.4 is 0 Å². The molecule has 1 aromatic carbocycles. The van der Waals surface area contributed by atoms with E-state index < -0.39 is 50.5 Å². The highest BCUT2D eigenvalue weighted by atomic mass is 32.2. The molecule has 22 heavy (non-hydrogen) atoms. The first-order chi connectivity index (χ1) is 10.2. The zero-order valence-electron chi connectivity index (χ0n) is 11.8. The van der Waals surface area contributed by atoms with Crippen LogP contribution in [0, 0.1) is 24.5 Å². The molecule has 120 valence electrons. The molecule has 0 saturated carbocycles. The van der Waals surface area contributed by atoms with Gasteiger partial charge in [0, 0.05) is 18.2 Å². The normalized spacial score (nSPS) is 28.2. The Morgan fingerprint density at radius 2 is 1.95 bits per heavy atom. The Kier molecular flexibility index (Phi) is 3.48. The maximum absolute atomic E-state index is 13.9. The summed E-state index contributed by atoms with van der Waals surface area (Å²) in [5.74, 6) is -3.77. The fraction of sp³-hybridized carbons (Fsp3) is 0.500. The second-order valence-electron chi connectivity index (χ2n) is 5.85. The minimum absolute atomic E-state index is 0.0290. The van der Waals surface area contributed by atoms with E-state index in [-0.39, 0.29) is 12.0 Å². The lowest BCUT2D eigenvalue weighted by Crippen LogP contribution is -2.38. The average molecular weight is 331 g/mol. The second kappa shape index (κ2) is 4.99. The number of hydrogen-bond donors (Lipinski definition) is 1. The molecule has 0 amide bonds. The van der Waals surface area contributed by atoms with Gasteiger partial charge in [0.25, 0.3) is 0 Å². The van der Waals surface area contributed by atoms with Gasteiger partial charge in [-0.3, -0.25) is 4.79 Å². The van der Waals surface area contributed by atoms with Crippen molar-refractivity contribution in [3.63, 3.8) is 0 Å². The molecule has 2 fully saturated rings. The number of nitrogens with zero attached hydrogens (tertiary/aromatic N) is 1. The largest absolute Gasteiger partial charge is 0.481 e. The fourth-order valence-corrected chi connectivity index (χ4v) is 5.57. The lowest BCUT2D eigenvalue weighted by molar-refractivity contribution is -0.142. The molecule has 2 aliphatic rings. The molecule has 3 rings (SSSR count). The molecule has 3 unspecified atom stereocenters. The number of carboxylic acid groups (broad SMARTS) is 1. The van der Waals surface area contributed by atoms with E-state index >= 15 is 0 Å². The Bertz CT molecular complexity index is 749. The van der Waals surface area contributed by atoms with Gasteiger partial charge in [-0.2, -0.15) is 4.31 Å². The molecule has 2 saturated heterocycles. The van der Waals surface area contributed by atoms with Gasteiger partial charge in [0.1, 0.15) is 16.5 Å². The first-order valence-electron chi connectivity index (χ1n) is 6.95. The van der Waals surface area contributed by atoms with Crippen molar-refractivity contribution in [2.24, 2.45) is 5.92 Å². The molecule has 3 atom stereocenters. The van der Waals surface area contributed by atoms with E-state index in [1.165, 1.54) is 6.92 Å². The first-order valence-corrected chi connectivity index (χ1v) is 8.39. The van der Waals surface area contributed by atoms with Crippen molar-refractivity contribution in [1.82, 2.24) is 4.31 Å². The van der Waals surface area contributed by atoms with Crippen molar-refractivity contribution < 1.29 is 27.1 Å². The number of hydrogen-bond acceptors (Lipinski definition) is 3. The van der Waals surface area contributed by atoms with E-state index in [0.717, 1.165) is 10.4 Å². The van der Waals surface area contributed by atoms with Crippen LogP contribution in [0.1, 0.15) is 24.8 Å². The molecule has 0 aromatic heterocycles. The number of fused-ring (bicyclic) bond motifs is 2. The number of carboxylic acids is 1. The van der Waals surface area contributed by atoms with Gasteiger partial charge in [-0.25, -0.2) is 17.2 Å². The Morgan fingerprint density at radius 1 is 1.27 bits per heavy atom. The van der Waals surface area contributed by atoms with Crippen molar-refractivity contribution in [3.8, 4) is 0 Å². The molecule has 1 N–H and O–H groups in total. The predicted octanol–water partition coefficient (Wildman–Crippen LogP) is 1.90. The third kappa shape index (κ3) is 2.13. The highest BCUT2D eigenvalue weighted by Crippen LogP contribution is 2.45. The van der Waals surface area contributed by atoms with Crippen LogP contribution in [-0.2, 0) is 14.8 Å². The van der Waals surface area contributed by atoms with Crippen LogP contribution in [0.3, 0.4) is 0 Å². The van der Waals surface area contributed by atoms with Crippen LogP contribution >= 0.6 is 0 Å². The van der Waals surface area contributed by atoms with Crippen LogP contribution in [0.2, 0.25) is 0 Å². The quantitative estimate of drug-likeness (QED) is 0.918. The van der Waals surface area contributed by atoms with Gasteiger partial charge in [-0.05, 0) is 37.8 Å². The third-order valence-electron chi connectivity index (χ3n) is 4.56. The minimum atomic E-state index is -4.18. The number of halogens is 2. The molecule has 5 nitrogen and oxygen atoms in total. The van der Waals surface area contributed by atoms with E-state index in [1.807, 2.05) is 0 Å². The number of aliphatic carboxylic acids is 1. The van der Waals surface area contributed by atoms with Crippen molar-refractivity contribution >= 4 is 16.0 Å². The number of benzene rings is 1. The van der Waals surface area contributed by atoms with Gasteiger partial charge >= 0.3 is 5.97 Å². The highest BCUT2D eigenvalue weighted by molar-refractivity contribution is 7.89. The highest BCUT2D eigenvalue weighted by Gasteiger charge is 2.54. The Labute approximate surface area is 126 Å².